The van der Waals surface area contributed by atoms with Crippen LogP contribution >= 0.6 is 0 Å². The number of benzene rings is 1. The molecule has 1 aromatic carbocycles. The third-order valence-electron chi connectivity index (χ3n) is 6.09. The molecule has 1 amide bonds. The molecule has 1 unspecified atom stereocenters. The van der Waals surface area contributed by atoms with Crippen molar-refractivity contribution in [3.63, 3.8) is 0 Å². The fraction of sp³-hybridized carbons (Fsp3) is 0.524. The van der Waals surface area contributed by atoms with Gasteiger partial charge in [0.25, 0.3) is 5.91 Å². The van der Waals surface area contributed by atoms with Gasteiger partial charge in [-0.05, 0) is 69.3 Å². The molecule has 7 heteroatoms. The third-order valence-corrected chi connectivity index (χ3v) is 6.09. The zero-order valence-corrected chi connectivity index (χ0v) is 16.0. The lowest BCUT2D eigenvalue weighted by Gasteiger charge is -2.28. The van der Waals surface area contributed by atoms with Crippen molar-refractivity contribution in [2.24, 2.45) is 0 Å². The predicted molar refractivity (Wildman–Crippen MR) is 104 cm³/mol. The van der Waals surface area contributed by atoms with Crippen LogP contribution in [0.3, 0.4) is 0 Å². The molecule has 0 saturated carbocycles. The second-order valence-corrected chi connectivity index (χ2v) is 7.82. The van der Waals surface area contributed by atoms with Crippen LogP contribution in [-0.2, 0) is 12.8 Å². The zero-order valence-electron chi connectivity index (χ0n) is 16.0. The number of nitrogens with one attached hydrogen (secondary N) is 2. The number of hydrogen-bond acceptors (Lipinski definition) is 5. The number of H-pyrrole nitrogens is 1. The van der Waals surface area contributed by atoms with Crippen LogP contribution in [0, 0.1) is 0 Å². The van der Waals surface area contributed by atoms with Gasteiger partial charge in [0.1, 0.15) is 0 Å². The molecule has 0 radical (unpaired) electrons. The van der Waals surface area contributed by atoms with Gasteiger partial charge in [0, 0.05) is 17.8 Å². The van der Waals surface area contributed by atoms with Crippen molar-refractivity contribution in [3.05, 3.63) is 40.7 Å². The van der Waals surface area contributed by atoms with Crippen molar-refractivity contribution in [1.29, 1.82) is 0 Å². The van der Waals surface area contributed by atoms with Crippen molar-refractivity contribution in [1.82, 2.24) is 20.4 Å². The van der Waals surface area contributed by atoms with E-state index in [4.69, 9.17) is 9.47 Å². The molecule has 2 aromatic rings. The first-order valence-electron chi connectivity index (χ1n) is 10.3. The molecule has 1 fully saturated rings. The highest BCUT2D eigenvalue weighted by Gasteiger charge is 2.27. The first-order chi connectivity index (χ1) is 13.8. The van der Waals surface area contributed by atoms with Crippen molar-refractivity contribution in [2.45, 2.75) is 44.6 Å². The van der Waals surface area contributed by atoms with Gasteiger partial charge < -0.3 is 14.8 Å². The van der Waals surface area contributed by atoms with Gasteiger partial charge in [-0.3, -0.25) is 14.8 Å². The zero-order chi connectivity index (χ0) is 18.9. The Morgan fingerprint density at radius 2 is 1.96 bits per heavy atom. The van der Waals surface area contributed by atoms with E-state index >= 15 is 0 Å². The number of rotatable bonds is 5. The van der Waals surface area contributed by atoms with Gasteiger partial charge in [0.15, 0.2) is 17.2 Å². The number of aryl methyl sites for hydroxylation is 1. The summed E-state index contributed by atoms with van der Waals surface area (Å²) in [6, 6.07) is 6.22. The molecule has 3 heterocycles. The fourth-order valence-corrected chi connectivity index (χ4v) is 4.57. The average molecular weight is 382 g/mol. The van der Waals surface area contributed by atoms with Gasteiger partial charge in [-0.25, -0.2) is 0 Å². The molecule has 148 valence electrons. The minimum Gasteiger partial charge on any atom is -0.454 e. The van der Waals surface area contributed by atoms with E-state index < -0.39 is 0 Å². The number of amides is 1. The monoisotopic (exact) mass is 382 g/mol. The van der Waals surface area contributed by atoms with Crippen molar-refractivity contribution in [2.75, 3.05) is 26.4 Å². The second-order valence-electron chi connectivity index (χ2n) is 7.82. The largest absolute Gasteiger partial charge is 0.454 e. The second kappa shape index (κ2) is 7.47. The Labute approximate surface area is 164 Å². The summed E-state index contributed by atoms with van der Waals surface area (Å²) >= 11 is 0. The van der Waals surface area contributed by atoms with Gasteiger partial charge in [0.05, 0.1) is 6.04 Å². The number of likely N-dealkylation sites (tertiary alicyclic amines) is 1. The van der Waals surface area contributed by atoms with E-state index in [1.165, 1.54) is 12.8 Å². The van der Waals surface area contributed by atoms with E-state index in [-0.39, 0.29) is 18.7 Å². The Hall–Kier alpha value is -2.54. The normalized spacial score (nSPS) is 19.4. The molecule has 3 aliphatic rings. The molecular formula is C21H26N4O3. The smallest absolute Gasteiger partial charge is 0.272 e. The minimum atomic E-state index is -0.0793. The highest BCUT2D eigenvalue weighted by atomic mass is 16.7. The molecule has 1 saturated heterocycles. The number of hydrogen-bond donors (Lipinski definition) is 2. The summed E-state index contributed by atoms with van der Waals surface area (Å²) in [6.45, 7) is 2.92. The molecule has 5 rings (SSSR count). The van der Waals surface area contributed by atoms with Gasteiger partial charge >= 0.3 is 0 Å². The predicted octanol–water partition coefficient (Wildman–Crippen LogP) is 2.58. The first kappa shape index (κ1) is 17.6. The summed E-state index contributed by atoms with van der Waals surface area (Å²) in [6.07, 6.45) is 6.61. The lowest BCUT2D eigenvalue weighted by Crippen LogP contribution is -2.37. The highest BCUT2D eigenvalue weighted by molar-refractivity contribution is 5.94. The number of ether oxygens (including phenoxy) is 2. The van der Waals surface area contributed by atoms with E-state index in [0.29, 0.717) is 12.2 Å². The third kappa shape index (κ3) is 3.24. The van der Waals surface area contributed by atoms with Crippen LogP contribution in [0.4, 0.5) is 0 Å². The van der Waals surface area contributed by atoms with E-state index in [2.05, 4.69) is 26.5 Å². The molecule has 1 atom stereocenters. The van der Waals surface area contributed by atoms with Gasteiger partial charge in [-0.15, -0.1) is 0 Å². The number of carbonyl (C=O) groups excluding carboxylic acids is 1. The molecule has 7 nitrogen and oxygen atoms in total. The lowest BCUT2D eigenvalue weighted by molar-refractivity contribution is 0.0932. The summed E-state index contributed by atoms with van der Waals surface area (Å²) < 4.78 is 11.0. The fourth-order valence-electron chi connectivity index (χ4n) is 4.57. The molecule has 2 N–H and O–H groups in total. The molecule has 2 aliphatic heterocycles. The number of aromatic amines is 1. The molecule has 0 spiro atoms. The summed E-state index contributed by atoms with van der Waals surface area (Å²) in [7, 11) is 0. The first-order valence-corrected chi connectivity index (χ1v) is 10.3. The van der Waals surface area contributed by atoms with Crippen LogP contribution < -0.4 is 14.8 Å². The topological polar surface area (TPSA) is 79.5 Å². The van der Waals surface area contributed by atoms with Crippen LogP contribution in [0.1, 0.15) is 59.0 Å². The Kier molecular flexibility index (Phi) is 4.68. The summed E-state index contributed by atoms with van der Waals surface area (Å²) in [5, 5.41) is 10.5. The number of carbonyl (C=O) groups is 1. The maximum Gasteiger partial charge on any atom is 0.272 e. The Morgan fingerprint density at radius 1 is 1.14 bits per heavy atom. The summed E-state index contributed by atoms with van der Waals surface area (Å²) in [4.78, 5) is 15.3. The van der Waals surface area contributed by atoms with Crippen LogP contribution in [0.5, 0.6) is 11.5 Å². The van der Waals surface area contributed by atoms with Crippen molar-refractivity contribution in [3.8, 4) is 11.5 Å². The SMILES string of the molecule is O=C(NCC(c1ccc2c(c1)OCO2)N1CCCC1)c1n[nH]c2c1CCCC2. The van der Waals surface area contributed by atoms with Crippen molar-refractivity contribution >= 4 is 5.91 Å². The van der Waals surface area contributed by atoms with Crippen LogP contribution in [0.25, 0.3) is 0 Å². The van der Waals surface area contributed by atoms with Crippen LogP contribution in [0.15, 0.2) is 18.2 Å². The molecule has 1 aliphatic carbocycles. The summed E-state index contributed by atoms with van der Waals surface area (Å²) in [5.74, 6) is 1.50. The minimum absolute atomic E-state index is 0.0793. The van der Waals surface area contributed by atoms with Gasteiger partial charge in [0.2, 0.25) is 6.79 Å². The molecule has 0 bridgehead atoms. The van der Waals surface area contributed by atoms with E-state index in [1.807, 2.05) is 12.1 Å². The van der Waals surface area contributed by atoms with Gasteiger partial charge in [-0.2, -0.15) is 5.10 Å². The lowest BCUT2D eigenvalue weighted by atomic mass is 9.95. The Morgan fingerprint density at radius 3 is 2.86 bits per heavy atom. The number of nitrogens with zero attached hydrogens (tertiary/aromatic N) is 2. The number of aromatic nitrogens is 2. The highest BCUT2D eigenvalue weighted by Crippen LogP contribution is 2.36. The molecule has 28 heavy (non-hydrogen) atoms. The van der Waals surface area contributed by atoms with E-state index in [0.717, 1.165) is 67.1 Å². The maximum absolute atomic E-state index is 12.9. The van der Waals surface area contributed by atoms with Crippen molar-refractivity contribution < 1.29 is 14.3 Å². The quantitative estimate of drug-likeness (QED) is 0.831. The molecule has 1 aromatic heterocycles. The number of fused-ring (bicyclic) bond motifs is 2. The average Bonchev–Trinajstić information content (AvgIpc) is 3.47. The Balaban J connectivity index is 1.34. The van der Waals surface area contributed by atoms with E-state index in [1.54, 1.807) is 0 Å². The van der Waals surface area contributed by atoms with Gasteiger partial charge in [-0.1, -0.05) is 6.07 Å². The standard InChI is InChI=1S/C21H26N4O3/c26-21(20-15-5-1-2-6-16(15)23-24-20)22-12-17(25-9-3-4-10-25)14-7-8-18-19(11-14)28-13-27-18/h7-8,11,17H,1-6,9-10,12-13H2,(H,22,26)(H,23,24). The maximum atomic E-state index is 12.9. The van der Waals surface area contributed by atoms with Crippen LogP contribution in [0.2, 0.25) is 0 Å². The van der Waals surface area contributed by atoms with Crippen LogP contribution in [-0.4, -0.2) is 47.4 Å². The molecular weight excluding hydrogens is 356 g/mol. The summed E-state index contributed by atoms with van der Waals surface area (Å²) in [5.41, 5.74) is 3.95. The Bertz CT molecular complexity index is 873. The van der Waals surface area contributed by atoms with E-state index in [9.17, 15) is 4.79 Å².